The Morgan fingerprint density at radius 3 is 2.50 bits per heavy atom. The van der Waals surface area contributed by atoms with Crippen LogP contribution in [0.3, 0.4) is 0 Å². The molecule has 0 fully saturated rings. The predicted octanol–water partition coefficient (Wildman–Crippen LogP) is 2.89. The molecule has 1 aromatic carbocycles. The number of hydrogen-bond donors (Lipinski definition) is 1. The molecule has 0 bridgehead atoms. The molecule has 1 unspecified atom stereocenters. The molecule has 5 heteroatoms. The molecule has 0 spiro atoms. The van der Waals surface area contributed by atoms with Crippen molar-refractivity contribution < 1.29 is 0 Å². The smallest absolute Gasteiger partial charge is 0.247 e. The molecule has 0 saturated heterocycles. The summed E-state index contributed by atoms with van der Waals surface area (Å²) < 4.78 is 0. The Morgan fingerprint density at radius 2 is 1.85 bits per heavy atom. The maximum Gasteiger partial charge on any atom is 0.247 e. The maximum atomic E-state index is 4.52. The van der Waals surface area contributed by atoms with Gasteiger partial charge in [-0.3, -0.25) is 0 Å². The topological polar surface area (TPSA) is 53.9 Å². The summed E-state index contributed by atoms with van der Waals surface area (Å²) in [4.78, 5) is 6.60. The Labute approximate surface area is 120 Å². The van der Waals surface area contributed by atoms with Crippen LogP contribution in [0, 0.1) is 0 Å². The standard InChI is InChI=1S/C15H21N5/c1-4-20(5-2)15-18-14(11-16-19-15)17-12(3)13-9-7-6-8-10-13/h6-12H,4-5H2,1-3H3,(H,17,18,19). The Balaban J connectivity index is 2.12. The molecule has 20 heavy (non-hydrogen) atoms. The lowest BCUT2D eigenvalue weighted by molar-refractivity contribution is 0.787. The number of nitrogens with one attached hydrogen (secondary N) is 1. The van der Waals surface area contributed by atoms with E-state index in [-0.39, 0.29) is 6.04 Å². The summed E-state index contributed by atoms with van der Waals surface area (Å²) in [7, 11) is 0. The molecule has 2 aromatic rings. The number of benzene rings is 1. The van der Waals surface area contributed by atoms with Gasteiger partial charge in [-0.25, -0.2) is 0 Å². The van der Waals surface area contributed by atoms with Crippen LogP contribution in [0.15, 0.2) is 36.5 Å². The molecule has 0 saturated carbocycles. The van der Waals surface area contributed by atoms with E-state index in [2.05, 4.69) is 58.3 Å². The van der Waals surface area contributed by atoms with Crippen molar-refractivity contribution in [3.8, 4) is 0 Å². The first-order valence-corrected chi connectivity index (χ1v) is 7.00. The molecule has 0 aliphatic carbocycles. The highest BCUT2D eigenvalue weighted by Gasteiger charge is 2.09. The molecule has 2 rings (SSSR count). The molecule has 1 N–H and O–H groups in total. The van der Waals surface area contributed by atoms with Gasteiger partial charge in [0.15, 0.2) is 5.82 Å². The second-order valence-electron chi connectivity index (χ2n) is 4.59. The minimum Gasteiger partial charge on any atom is -0.362 e. The lowest BCUT2D eigenvalue weighted by Gasteiger charge is -2.19. The molecule has 1 heterocycles. The summed E-state index contributed by atoms with van der Waals surface area (Å²) in [5.41, 5.74) is 1.22. The summed E-state index contributed by atoms with van der Waals surface area (Å²) in [5.74, 6) is 1.42. The predicted molar refractivity (Wildman–Crippen MR) is 81.9 cm³/mol. The monoisotopic (exact) mass is 271 g/mol. The number of anilines is 2. The Kier molecular flexibility index (Phi) is 4.87. The molecular weight excluding hydrogens is 250 g/mol. The van der Waals surface area contributed by atoms with Crippen LogP contribution >= 0.6 is 0 Å². The van der Waals surface area contributed by atoms with Crippen molar-refractivity contribution >= 4 is 11.8 Å². The van der Waals surface area contributed by atoms with Crippen molar-refractivity contribution in [1.29, 1.82) is 0 Å². The Bertz CT molecular complexity index is 525. The minimum atomic E-state index is 0.178. The zero-order valence-electron chi connectivity index (χ0n) is 12.2. The van der Waals surface area contributed by atoms with E-state index >= 15 is 0 Å². The van der Waals surface area contributed by atoms with E-state index in [0.29, 0.717) is 5.95 Å². The first-order chi connectivity index (χ1) is 9.74. The lowest BCUT2D eigenvalue weighted by Crippen LogP contribution is -2.25. The van der Waals surface area contributed by atoms with Crippen LogP contribution in [-0.2, 0) is 0 Å². The second kappa shape index (κ2) is 6.84. The van der Waals surface area contributed by atoms with Crippen LogP contribution in [0.5, 0.6) is 0 Å². The third-order valence-electron chi connectivity index (χ3n) is 3.26. The normalized spacial score (nSPS) is 11.9. The van der Waals surface area contributed by atoms with Crippen LogP contribution in [0.2, 0.25) is 0 Å². The van der Waals surface area contributed by atoms with Gasteiger partial charge in [0.2, 0.25) is 5.95 Å². The lowest BCUT2D eigenvalue weighted by atomic mass is 10.1. The largest absolute Gasteiger partial charge is 0.362 e. The van der Waals surface area contributed by atoms with Crippen LogP contribution in [-0.4, -0.2) is 28.3 Å². The Hall–Kier alpha value is -2.17. The van der Waals surface area contributed by atoms with Crippen LogP contribution in [0.4, 0.5) is 11.8 Å². The average molecular weight is 271 g/mol. The van der Waals surface area contributed by atoms with Gasteiger partial charge in [0.1, 0.15) is 0 Å². The molecule has 5 nitrogen and oxygen atoms in total. The first-order valence-electron chi connectivity index (χ1n) is 7.00. The van der Waals surface area contributed by atoms with Gasteiger partial charge in [-0.1, -0.05) is 30.3 Å². The van der Waals surface area contributed by atoms with Gasteiger partial charge in [-0.05, 0) is 26.3 Å². The minimum absolute atomic E-state index is 0.178. The fourth-order valence-electron chi connectivity index (χ4n) is 2.05. The van der Waals surface area contributed by atoms with E-state index in [1.54, 1.807) is 6.20 Å². The average Bonchev–Trinajstić information content (AvgIpc) is 2.50. The molecule has 0 radical (unpaired) electrons. The van der Waals surface area contributed by atoms with E-state index < -0.39 is 0 Å². The van der Waals surface area contributed by atoms with E-state index in [4.69, 9.17) is 0 Å². The van der Waals surface area contributed by atoms with Gasteiger partial charge >= 0.3 is 0 Å². The van der Waals surface area contributed by atoms with Gasteiger partial charge < -0.3 is 10.2 Å². The third-order valence-corrected chi connectivity index (χ3v) is 3.26. The van der Waals surface area contributed by atoms with Crippen molar-refractivity contribution in [3.05, 3.63) is 42.1 Å². The fourth-order valence-corrected chi connectivity index (χ4v) is 2.05. The highest BCUT2D eigenvalue weighted by atomic mass is 15.3. The van der Waals surface area contributed by atoms with E-state index in [9.17, 15) is 0 Å². The molecule has 0 aliphatic heterocycles. The van der Waals surface area contributed by atoms with Gasteiger partial charge in [-0.2, -0.15) is 10.1 Å². The van der Waals surface area contributed by atoms with Gasteiger partial charge in [0.05, 0.1) is 6.20 Å². The third kappa shape index (κ3) is 3.44. The molecule has 1 aromatic heterocycles. The fraction of sp³-hybridized carbons (Fsp3) is 0.400. The van der Waals surface area contributed by atoms with Crippen molar-refractivity contribution in [2.24, 2.45) is 0 Å². The summed E-state index contributed by atoms with van der Waals surface area (Å²) in [5, 5.41) is 11.5. The number of aromatic nitrogens is 3. The quantitative estimate of drug-likeness (QED) is 0.875. The van der Waals surface area contributed by atoms with Crippen LogP contribution < -0.4 is 10.2 Å². The van der Waals surface area contributed by atoms with E-state index in [0.717, 1.165) is 18.9 Å². The van der Waals surface area contributed by atoms with Crippen LogP contribution in [0.25, 0.3) is 0 Å². The van der Waals surface area contributed by atoms with Gasteiger partial charge in [0.25, 0.3) is 0 Å². The number of hydrogen-bond acceptors (Lipinski definition) is 5. The second-order valence-corrected chi connectivity index (χ2v) is 4.59. The summed E-state index contributed by atoms with van der Waals surface area (Å²) in [6, 6.07) is 10.5. The molecule has 0 aliphatic rings. The van der Waals surface area contributed by atoms with Gasteiger partial charge in [0, 0.05) is 19.1 Å². The van der Waals surface area contributed by atoms with Crippen molar-refractivity contribution in [2.75, 3.05) is 23.3 Å². The summed E-state index contributed by atoms with van der Waals surface area (Å²) in [6.45, 7) is 8.01. The van der Waals surface area contributed by atoms with E-state index in [1.165, 1.54) is 5.56 Å². The first kappa shape index (κ1) is 14.2. The van der Waals surface area contributed by atoms with Crippen LogP contribution in [0.1, 0.15) is 32.4 Å². The zero-order valence-corrected chi connectivity index (χ0v) is 12.2. The van der Waals surface area contributed by atoms with Gasteiger partial charge in [-0.15, -0.1) is 5.10 Å². The van der Waals surface area contributed by atoms with E-state index in [1.807, 2.05) is 18.2 Å². The Morgan fingerprint density at radius 1 is 1.15 bits per heavy atom. The highest BCUT2D eigenvalue weighted by Crippen LogP contribution is 2.17. The molecular formula is C15H21N5. The van der Waals surface area contributed by atoms with Crippen molar-refractivity contribution in [3.63, 3.8) is 0 Å². The van der Waals surface area contributed by atoms with Crippen molar-refractivity contribution in [2.45, 2.75) is 26.8 Å². The molecule has 106 valence electrons. The number of rotatable bonds is 6. The molecule has 0 amide bonds. The highest BCUT2D eigenvalue weighted by molar-refractivity contribution is 5.41. The number of nitrogens with zero attached hydrogens (tertiary/aromatic N) is 4. The SMILES string of the molecule is CCN(CC)c1nncc(NC(C)c2ccccc2)n1. The summed E-state index contributed by atoms with van der Waals surface area (Å²) in [6.07, 6.45) is 1.66. The van der Waals surface area contributed by atoms with Crippen molar-refractivity contribution in [1.82, 2.24) is 15.2 Å². The summed E-state index contributed by atoms with van der Waals surface area (Å²) >= 11 is 0. The maximum absolute atomic E-state index is 4.52. The zero-order chi connectivity index (χ0) is 14.4. The molecule has 1 atom stereocenters.